The lowest BCUT2D eigenvalue weighted by molar-refractivity contribution is -0.137. The Morgan fingerprint density at radius 1 is 0.951 bits per heavy atom. The molecule has 0 saturated carbocycles. The lowest BCUT2D eigenvalue weighted by atomic mass is 10.1. The summed E-state index contributed by atoms with van der Waals surface area (Å²) in [4.78, 5) is 12.7. The molecule has 214 valence electrons. The molecule has 0 unspecified atom stereocenters. The number of nitrogens with zero attached hydrogens (tertiary/aromatic N) is 3. The second kappa shape index (κ2) is 11.6. The Labute approximate surface area is 237 Å². The van der Waals surface area contributed by atoms with Crippen molar-refractivity contribution in [2.45, 2.75) is 38.8 Å². The maximum Gasteiger partial charge on any atom is 0.416 e. The van der Waals surface area contributed by atoms with Crippen LogP contribution in [0.2, 0.25) is 0 Å². The lowest BCUT2D eigenvalue weighted by Crippen LogP contribution is -2.39. The van der Waals surface area contributed by atoms with Crippen LogP contribution in [0.5, 0.6) is 0 Å². The third kappa shape index (κ3) is 6.51. The molecule has 1 N–H and O–H groups in total. The average molecular weight is 583 g/mol. The fraction of sp³-hybridized carbons (Fsp3) is 0.200. The Bertz CT molecular complexity index is 1710. The second-order valence-electron chi connectivity index (χ2n) is 9.62. The molecule has 0 atom stereocenters. The Morgan fingerprint density at radius 3 is 2.32 bits per heavy atom. The van der Waals surface area contributed by atoms with Gasteiger partial charge in [0.05, 0.1) is 22.4 Å². The summed E-state index contributed by atoms with van der Waals surface area (Å²) < 4.78 is 69.7. The van der Waals surface area contributed by atoms with Crippen LogP contribution in [0.15, 0.2) is 88.9 Å². The van der Waals surface area contributed by atoms with Crippen molar-refractivity contribution >= 4 is 27.8 Å². The molecule has 0 saturated heterocycles. The van der Waals surface area contributed by atoms with E-state index < -0.39 is 34.2 Å². The first-order valence-electron chi connectivity index (χ1n) is 12.6. The van der Waals surface area contributed by atoms with Gasteiger partial charge >= 0.3 is 6.18 Å². The minimum absolute atomic E-state index is 0.174. The highest BCUT2D eigenvalue weighted by atomic mass is 32.2. The van der Waals surface area contributed by atoms with E-state index in [1.54, 1.807) is 6.07 Å². The largest absolute Gasteiger partial charge is 0.416 e. The molecule has 7 nitrogen and oxygen atoms in total. The van der Waals surface area contributed by atoms with E-state index in [-0.39, 0.29) is 10.6 Å². The monoisotopic (exact) mass is 582 g/mol. The molecular formula is C30H29F3N4O3S. The van der Waals surface area contributed by atoms with Crippen LogP contribution >= 0.6 is 0 Å². The number of alkyl halides is 3. The Hall–Kier alpha value is -4.38. The molecule has 0 radical (unpaired) electrons. The third-order valence-electron chi connectivity index (χ3n) is 6.54. The summed E-state index contributed by atoms with van der Waals surface area (Å²) in [5, 5.41) is 4.01. The van der Waals surface area contributed by atoms with Gasteiger partial charge in [-0.3, -0.25) is 9.10 Å². The van der Waals surface area contributed by atoms with E-state index in [2.05, 4.69) is 21.2 Å². The zero-order valence-corrected chi connectivity index (χ0v) is 23.7. The van der Waals surface area contributed by atoms with E-state index >= 15 is 0 Å². The van der Waals surface area contributed by atoms with E-state index in [1.807, 2.05) is 45.9 Å². The molecule has 1 heterocycles. The quantitative estimate of drug-likeness (QED) is 0.202. The average Bonchev–Trinajstić information content (AvgIpc) is 3.20. The first kappa shape index (κ1) is 29.6. The van der Waals surface area contributed by atoms with Gasteiger partial charge in [0.15, 0.2) is 0 Å². The van der Waals surface area contributed by atoms with Gasteiger partial charge in [-0.15, -0.1) is 0 Å². The van der Waals surface area contributed by atoms with Gasteiger partial charge < -0.3 is 4.57 Å². The predicted molar refractivity (Wildman–Crippen MR) is 153 cm³/mol. The van der Waals surface area contributed by atoms with Crippen molar-refractivity contribution in [3.05, 3.63) is 113 Å². The maximum atomic E-state index is 13.4. The van der Waals surface area contributed by atoms with Gasteiger partial charge in [-0.05, 0) is 75.7 Å². The fourth-order valence-electron chi connectivity index (χ4n) is 4.56. The van der Waals surface area contributed by atoms with Crippen molar-refractivity contribution in [2.24, 2.45) is 5.10 Å². The van der Waals surface area contributed by atoms with Crippen molar-refractivity contribution < 1.29 is 26.4 Å². The van der Waals surface area contributed by atoms with E-state index in [0.717, 1.165) is 45.9 Å². The number of carbonyl (C=O) groups excluding carboxylic acids is 1. The first-order chi connectivity index (χ1) is 19.3. The van der Waals surface area contributed by atoms with Gasteiger partial charge in [0, 0.05) is 22.6 Å². The van der Waals surface area contributed by atoms with Crippen molar-refractivity contribution in [1.29, 1.82) is 0 Å². The molecule has 0 aliphatic rings. The van der Waals surface area contributed by atoms with Crippen molar-refractivity contribution in [3.63, 3.8) is 0 Å². The second-order valence-corrected chi connectivity index (χ2v) is 11.5. The van der Waals surface area contributed by atoms with Crippen LogP contribution in [0.3, 0.4) is 0 Å². The van der Waals surface area contributed by atoms with E-state index in [1.165, 1.54) is 36.5 Å². The van der Waals surface area contributed by atoms with Gasteiger partial charge in [0.2, 0.25) is 0 Å². The van der Waals surface area contributed by atoms with Crippen molar-refractivity contribution in [1.82, 2.24) is 9.99 Å². The molecule has 0 spiro atoms. The van der Waals surface area contributed by atoms with Gasteiger partial charge in [0.1, 0.15) is 6.54 Å². The summed E-state index contributed by atoms with van der Waals surface area (Å²) in [7, 11) is -4.39. The Morgan fingerprint density at radius 2 is 1.66 bits per heavy atom. The van der Waals surface area contributed by atoms with Gasteiger partial charge in [-0.2, -0.15) is 18.3 Å². The normalized spacial score (nSPS) is 12.1. The van der Waals surface area contributed by atoms with E-state index in [9.17, 15) is 26.4 Å². The number of hydrogen-bond donors (Lipinski definition) is 1. The summed E-state index contributed by atoms with van der Waals surface area (Å²) in [6.45, 7) is 7.11. The number of aromatic nitrogens is 1. The molecule has 4 aromatic rings. The number of halogens is 3. The zero-order valence-electron chi connectivity index (χ0n) is 22.9. The summed E-state index contributed by atoms with van der Waals surface area (Å²) in [6.07, 6.45) is -3.26. The molecule has 3 aromatic carbocycles. The molecule has 4 rings (SSSR count). The van der Waals surface area contributed by atoms with Crippen LogP contribution < -0.4 is 9.73 Å². The number of anilines is 1. The smallest absolute Gasteiger partial charge is 0.318 e. The molecule has 0 aliphatic heterocycles. The SMILES string of the molecule is Cc1ccc(-n2c(C)cc(/C=N/NC(=O)CN(c3cccc(C(F)(F)F)c3)S(=O)(=O)c3ccccc3)c2C)c(C)c1. The first-order valence-corrected chi connectivity index (χ1v) is 14.1. The minimum atomic E-state index is -4.70. The van der Waals surface area contributed by atoms with Gasteiger partial charge in [0.25, 0.3) is 15.9 Å². The number of benzene rings is 3. The molecule has 41 heavy (non-hydrogen) atoms. The van der Waals surface area contributed by atoms with Crippen molar-refractivity contribution in [2.75, 3.05) is 10.8 Å². The highest BCUT2D eigenvalue weighted by Gasteiger charge is 2.33. The summed E-state index contributed by atoms with van der Waals surface area (Å²) >= 11 is 0. The number of nitrogens with one attached hydrogen (secondary N) is 1. The fourth-order valence-corrected chi connectivity index (χ4v) is 5.99. The molecule has 11 heteroatoms. The van der Waals surface area contributed by atoms with Crippen LogP contribution in [-0.2, 0) is 21.0 Å². The molecule has 0 aliphatic carbocycles. The molecule has 1 amide bonds. The topological polar surface area (TPSA) is 83.8 Å². The number of hydrogen-bond acceptors (Lipinski definition) is 4. The van der Waals surface area contributed by atoms with Crippen LogP contribution in [0.4, 0.5) is 18.9 Å². The molecule has 0 fully saturated rings. The number of hydrazone groups is 1. The van der Waals surface area contributed by atoms with Gasteiger partial charge in [-0.1, -0.05) is 42.0 Å². The third-order valence-corrected chi connectivity index (χ3v) is 8.32. The number of rotatable bonds is 8. The number of carbonyl (C=O) groups is 1. The standard InChI is InChI=1S/C30H29F3N4O3S/c1-20-13-14-28(21(2)15-20)37-22(3)16-24(23(37)4)18-34-35-29(38)19-36(41(39,40)27-11-6-5-7-12-27)26-10-8-9-25(17-26)30(31,32)33/h5-18H,19H2,1-4H3,(H,35,38)/b34-18+. The molecule has 1 aromatic heterocycles. The van der Waals surface area contributed by atoms with Crippen LogP contribution in [0.25, 0.3) is 5.69 Å². The van der Waals surface area contributed by atoms with Crippen LogP contribution in [0.1, 0.15) is 33.6 Å². The summed E-state index contributed by atoms with van der Waals surface area (Å²) in [5.41, 5.74) is 6.77. The van der Waals surface area contributed by atoms with E-state index in [0.29, 0.717) is 10.4 Å². The summed E-state index contributed by atoms with van der Waals surface area (Å²) in [6, 6.07) is 19.0. The maximum absolute atomic E-state index is 13.4. The Balaban J connectivity index is 1.59. The Kier molecular flexibility index (Phi) is 8.39. The predicted octanol–water partition coefficient (Wildman–Crippen LogP) is 6.08. The van der Waals surface area contributed by atoms with E-state index in [4.69, 9.17) is 0 Å². The lowest BCUT2D eigenvalue weighted by Gasteiger charge is -2.24. The number of sulfonamides is 1. The summed E-state index contributed by atoms with van der Waals surface area (Å²) in [5.74, 6) is -0.832. The van der Waals surface area contributed by atoms with Crippen molar-refractivity contribution in [3.8, 4) is 5.69 Å². The minimum Gasteiger partial charge on any atom is -0.318 e. The van der Waals surface area contributed by atoms with Crippen LogP contribution in [0, 0.1) is 27.7 Å². The zero-order chi connectivity index (χ0) is 29.9. The van der Waals surface area contributed by atoms with Crippen LogP contribution in [-0.4, -0.2) is 31.7 Å². The highest BCUT2D eigenvalue weighted by molar-refractivity contribution is 7.92. The number of amides is 1. The molecule has 0 bridgehead atoms. The van der Waals surface area contributed by atoms with Gasteiger partial charge in [-0.25, -0.2) is 13.8 Å². The highest BCUT2D eigenvalue weighted by Crippen LogP contribution is 2.33. The molecular weight excluding hydrogens is 553 g/mol. The number of aryl methyl sites for hydroxylation is 3.